The summed E-state index contributed by atoms with van der Waals surface area (Å²) in [6.07, 6.45) is 2.38. The van der Waals surface area contributed by atoms with Gasteiger partial charge in [0, 0.05) is 38.8 Å². The molecule has 0 spiro atoms. The highest BCUT2D eigenvalue weighted by atomic mass is 35.5. The van der Waals surface area contributed by atoms with Gasteiger partial charge >= 0.3 is 6.09 Å². The van der Waals surface area contributed by atoms with E-state index in [-0.39, 0.29) is 36.7 Å². The summed E-state index contributed by atoms with van der Waals surface area (Å²) in [5, 5.41) is 14.2. The SMILES string of the molecule is CCN(CC)C1CCN(C(=O)O)C(c2cc(F)ccc2/C=C2\SC(N3CCNCC3)=NC2=S)C1.Cl.Cl. The number of hydrogen-bond donors (Lipinski definition) is 2. The van der Waals surface area contributed by atoms with Gasteiger partial charge in [-0.2, -0.15) is 0 Å². The van der Waals surface area contributed by atoms with Crippen molar-refractivity contribution in [2.24, 2.45) is 4.99 Å². The maximum Gasteiger partial charge on any atom is 0.407 e. The molecular weight excluding hydrogens is 544 g/mol. The molecule has 200 valence electrons. The minimum atomic E-state index is -0.971. The van der Waals surface area contributed by atoms with Gasteiger partial charge in [-0.1, -0.05) is 32.1 Å². The van der Waals surface area contributed by atoms with Crippen LogP contribution in [0.25, 0.3) is 6.08 Å². The maximum atomic E-state index is 14.5. The summed E-state index contributed by atoms with van der Waals surface area (Å²) in [4.78, 5) is 24.1. The highest BCUT2D eigenvalue weighted by Gasteiger charge is 2.36. The summed E-state index contributed by atoms with van der Waals surface area (Å²) in [5.74, 6) is -0.369. The van der Waals surface area contributed by atoms with Gasteiger partial charge < -0.3 is 25.1 Å². The Kier molecular flexibility index (Phi) is 11.9. The Labute approximate surface area is 234 Å². The van der Waals surface area contributed by atoms with E-state index in [4.69, 9.17) is 12.2 Å². The van der Waals surface area contributed by atoms with Gasteiger partial charge in [0.1, 0.15) is 10.8 Å². The van der Waals surface area contributed by atoms with E-state index in [9.17, 15) is 14.3 Å². The molecule has 2 N–H and O–H groups in total. The van der Waals surface area contributed by atoms with Crippen molar-refractivity contribution in [1.82, 2.24) is 20.0 Å². The van der Waals surface area contributed by atoms with Crippen molar-refractivity contribution in [2.45, 2.75) is 38.8 Å². The van der Waals surface area contributed by atoms with Gasteiger partial charge in [0.15, 0.2) is 5.17 Å². The third-order valence-electron chi connectivity index (χ3n) is 6.84. The first-order valence-electron chi connectivity index (χ1n) is 11.9. The quantitative estimate of drug-likeness (QED) is 0.382. The van der Waals surface area contributed by atoms with Crippen LogP contribution in [-0.2, 0) is 0 Å². The number of nitrogens with one attached hydrogen (secondary N) is 1. The summed E-state index contributed by atoms with van der Waals surface area (Å²) < 4.78 is 14.5. The number of nitrogens with zero attached hydrogens (tertiary/aromatic N) is 4. The molecule has 0 saturated carbocycles. The summed E-state index contributed by atoms with van der Waals surface area (Å²) in [6.45, 7) is 10.1. The molecule has 3 aliphatic rings. The molecular formula is C24H34Cl2FN5O2S2. The fourth-order valence-electron chi connectivity index (χ4n) is 5.04. The largest absolute Gasteiger partial charge is 0.465 e. The summed E-state index contributed by atoms with van der Waals surface area (Å²) in [7, 11) is 0. The van der Waals surface area contributed by atoms with Crippen LogP contribution in [0.1, 0.15) is 43.9 Å². The predicted molar refractivity (Wildman–Crippen MR) is 154 cm³/mol. The highest BCUT2D eigenvalue weighted by Crippen LogP contribution is 2.38. The zero-order valence-corrected chi connectivity index (χ0v) is 23.7. The number of carboxylic acid groups (broad SMARTS) is 1. The van der Waals surface area contributed by atoms with Crippen molar-refractivity contribution in [2.75, 3.05) is 45.8 Å². The van der Waals surface area contributed by atoms with Gasteiger partial charge in [-0.3, -0.25) is 0 Å². The lowest BCUT2D eigenvalue weighted by Crippen LogP contribution is -2.48. The van der Waals surface area contributed by atoms with Crippen LogP contribution in [0, 0.1) is 5.82 Å². The van der Waals surface area contributed by atoms with E-state index in [0.29, 0.717) is 23.5 Å². The molecule has 2 atom stereocenters. The molecule has 12 heteroatoms. The number of likely N-dealkylation sites (tertiary alicyclic amines) is 1. The Bertz CT molecular complexity index is 1000. The van der Waals surface area contributed by atoms with Crippen LogP contribution in [0.3, 0.4) is 0 Å². The van der Waals surface area contributed by atoms with Gasteiger partial charge in [-0.15, -0.1) is 24.8 Å². The zero-order chi connectivity index (χ0) is 24.2. The van der Waals surface area contributed by atoms with Gasteiger partial charge in [0.2, 0.25) is 0 Å². The van der Waals surface area contributed by atoms with Crippen molar-refractivity contribution in [3.05, 3.63) is 40.0 Å². The molecule has 2 unspecified atom stereocenters. The number of amides is 1. The molecule has 7 nitrogen and oxygen atoms in total. The topological polar surface area (TPSA) is 71.4 Å². The number of aliphatic imine (C=N–C) groups is 1. The number of rotatable bonds is 5. The van der Waals surface area contributed by atoms with Crippen molar-refractivity contribution < 1.29 is 14.3 Å². The van der Waals surface area contributed by atoms with Crippen LogP contribution in [0.2, 0.25) is 0 Å². The Hall–Kier alpha value is -1.43. The number of piperidine rings is 1. The lowest BCUT2D eigenvalue weighted by molar-refractivity contribution is 0.0645. The summed E-state index contributed by atoms with van der Waals surface area (Å²) in [6, 6.07) is 4.46. The first-order valence-corrected chi connectivity index (χ1v) is 13.1. The molecule has 3 heterocycles. The Morgan fingerprint density at radius 2 is 1.97 bits per heavy atom. The molecule has 0 radical (unpaired) electrons. The summed E-state index contributed by atoms with van der Waals surface area (Å²) >= 11 is 7.09. The standard InChI is InChI=1S/C24H32FN5O2S2.2ClH/c1-3-28(4-2)18-7-10-30(24(31)32)20(15-18)19-14-17(25)6-5-16(19)13-21-22(33)27-23(34-21)29-11-8-26-9-12-29;;/h5-6,13-14,18,20,26H,3-4,7-12,15H2,1-2H3,(H,31,32);2*1H/b21-13-;;. The van der Waals surface area contributed by atoms with E-state index < -0.39 is 12.1 Å². The zero-order valence-electron chi connectivity index (χ0n) is 20.5. The van der Waals surface area contributed by atoms with Crippen LogP contribution in [-0.4, -0.2) is 87.9 Å². The molecule has 3 aliphatic heterocycles. The molecule has 1 aromatic rings. The molecule has 0 aromatic heterocycles. The fourth-order valence-corrected chi connectivity index (χ4v) is 6.33. The first-order chi connectivity index (χ1) is 16.4. The second-order valence-electron chi connectivity index (χ2n) is 8.71. The van der Waals surface area contributed by atoms with E-state index in [2.05, 4.69) is 34.0 Å². The van der Waals surface area contributed by atoms with Crippen LogP contribution in [0.4, 0.5) is 9.18 Å². The summed E-state index contributed by atoms with van der Waals surface area (Å²) in [5.41, 5.74) is 1.48. The average Bonchev–Trinajstić information content (AvgIpc) is 3.21. The molecule has 1 aromatic carbocycles. The fraction of sp³-hybridized carbons (Fsp3) is 0.542. The second kappa shape index (κ2) is 13.9. The number of piperazine rings is 1. The molecule has 2 fully saturated rings. The smallest absolute Gasteiger partial charge is 0.407 e. The maximum absolute atomic E-state index is 14.5. The molecule has 0 aliphatic carbocycles. The van der Waals surface area contributed by atoms with E-state index in [1.165, 1.54) is 28.8 Å². The lowest BCUT2D eigenvalue weighted by Gasteiger charge is -2.42. The van der Waals surface area contributed by atoms with Crippen LogP contribution in [0.5, 0.6) is 0 Å². The van der Waals surface area contributed by atoms with Gasteiger partial charge in [0.25, 0.3) is 0 Å². The molecule has 1 amide bonds. The van der Waals surface area contributed by atoms with Crippen LogP contribution in [0.15, 0.2) is 28.1 Å². The van der Waals surface area contributed by atoms with E-state index in [1.54, 1.807) is 6.07 Å². The minimum absolute atomic E-state index is 0. The molecule has 0 bridgehead atoms. The van der Waals surface area contributed by atoms with E-state index in [1.807, 2.05) is 6.08 Å². The number of thioether (sulfide) groups is 1. The van der Waals surface area contributed by atoms with Crippen molar-refractivity contribution >= 4 is 71.1 Å². The number of carbonyl (C=O) groups is 1. The predicted octanol–water partition coefficient (Wildman–Crippen LogP) is 4.87. The number of thiocarbonyl (C=S) groups is 1. The second-order valence-corrected chi connectivity index (χ2v) is 10.1. The number of hydrogen-bond acceptors (Lipinski definition) is 6. The van der Waals surface area contributed by atoms with Crippen molar-refractivity contribution in [3.8, 4) is 0 Å². The molecule has 2 saturated heterocycles. The Morgan fingerprint density at radius 1 is 1.28 bits per heavy atom. The molecule has 4 rings (SSSR count). The van der Waals surface area contributed by atoms with E-state index >= 15 is 0 Å². The lowest BCUT2D eigenvalue weighted by atomic mass is 9.88. The Balaban J connectivity index is 0.00000228. The molecule has 36 heavy (non-hydrogen) atoms. The number of amidine groups is 1. The minimum Gasteiger partial charge on any atom is -0.465 e. The van der Waals surface area contributed by atoms with Gasteiger partial charge in [0.05, 0.1) is 10.9 Å². The van der Waals surface area contributed by atoms with Crippen LogP contribution >= 0.6 is 48.8 Å². The van der Waals surface area contributed by atoms with E-state index in [0.717, 1.165) is 61.3 Å². The third-order valence-corrected chi connectivity index (χ3v) is 8.34. The highest BCUT2D eigenvalue weighted by molar-refractivity contribution is 8.19. The normalized spacial score (nSPS) is 23.4. The Morgan fingerprint density at radius 3 is 2.61 bits per heavy atom. The number of benzene rings is 1. The van der Waals surface area contributed by atoms with Crippen molar-refractivity contribution in [3.63, 3.8) is 0 Å². The monoisotopic (exact) mass is 577 g/mol. The average molecular weight is 579 g/mol. The van der Waals surface area contributed by atoms with Gasteiger partial charge in [-0.25, -0.2) is 14.2 Å². The van der Waals surface area contributed by atoms with Crippen LogP contribution < -0.4 is 5.32 Å². The third kappa shape index (κ3) is 6.90. The first kappa shape index (κ1) is 30.8. The van der Waals surface area contributed by atoms with Gasteiger partial charge in [-0.05, 0) is 67.0 Å². The van der Waals surface area contributed by atoms with Crippen molar-refractivity contribution in [1.29, 1.82) is 0 Å². The number of halogens is 3.